The lowest BCUT2D eigenvalue weighted by molar-refractivity contribution is -0.157. The van der Waals surface area contributed by atoms with E-state index in [1.54, 1.807) is 20.8 Å². The maximum absolute atomic E-state index is 14.3. The van der Waals surface area contributed by atoms with Crippen molar-refractivity contribution in [1.82, 2.24) is 10.2 Å². The average Bonchev–Trinajstić information content (AvgIpc) is 2.89. The van der Waals surface area contributed by atoms with Gasteiger partial charge in [0, 0.05) is 17.5 Å². The van der Waals surface area contributed by atoms with Crippen LogP contribution in [0.25, 0.3) is 0 Å². The molecule has 0 aromatic heterocycles. The Hall–Kier alpha value is -2.97. The van der Waals surface area contributed by atoms with Crippen LogP contribution in [-0.2, 0) is 25.7 Å². The second-order valence-corrected chi connectivity index (χ2v) is 7.68. The zero-order chi connectivity index (χ0) is 20.6. The highest BCUT2D eigenvalue weighted by atomic mass is 19.1. The first-order valence-electron chi connectivity index (χ1n) is 8.87. The van der Waals surface area contributed by atoms with Gasteiger partial charge in [-0.3, -0.25) is 19.7 Å². The molecule has 1 fully saturated rings. The number of hydrogen-bond donors (Lipinski definition) is 1. The van der Waals surface area contributed by atoms with Gasteiger partial charge in [-0.2, -0.15) is 0 Å². The van der Waals surface area contributed by atoms with Gasteiger partial charge in [0.25, 0.3) is 5.91 Å². The molecule has 0 spiro atoms. The minimum atomic E-state index is -0.820. The van der Waals surface area contributed by atoms with Crippen molar-refractivity contribution in [2.45, 2.75) is 51.8 Å². The summed E-state index contributed by atoms with van der Waals surface area (Å²) in [5, 5.41) is 2.20. The third kappa shape index (κ3) is 3.97. The molecule has 2 aliphatic rings. The van der Waals surface area contributed by atoms with Crippen molar-refractivity contribution in [1.29, 1.82) is 0 Å². The van der Waals surface area contributed by atoms with E-state index in [-0.39, 0.29) is 36.3 Å². The van der Waals surface area contributed by atoms with Gasteiger partial charge in [-0.15, -0.1) is 0 Å². The Balaban J connectivity index is 1.79. The van der Waals surface area contributed by atoms with Crippen molar-refractivity contribution >= 4 is 23.7 Å². The summed E-state index contributed by atoms with van der Waals surface area (Å²) in [7, 11) is 0. The minimum absolute atomic E-state index is 0.0537. The number of piperidine rings is 1. The number of nitrogens with zero attached hydrogens (tertiary/aromatic N) is 1. The van der Waals surface area contributed by atoms with Gasteiger partial charge in [-0.25, -0.2) is 9.18 Å². The molecule has 0 saturated carbocycles. The molecule has 1 unspecified atom stereocenters. The summed E-state index contributed by atoms with van der Waals surface area (Å²) in [4.78, 5) is 49.3. The van der Waals surface area contributed by atoms with Crippen LogP contribution >= 0.6 is 0 Å². The topological polar surface area (TPSA) is 102 Å². The van der Waals surface area contributed by atoms with Crippen molar-refractivity contribution in [3.63, 3.8) is 0 Å². The molecule has 3 rings (SSSR count). The average molecular weight is 392 g/mol. The fourth-order valence-electron chi connectivity index (χ4n) is 3.24. The number of esters is 1. The molecular weight excluding hydrogens is 371 g/mol. The van der Waals surface area contributed by atoms with Gasteiger partial charge in [-0.05, 0) is 39.3 Å². The summed E-state index contributed by atoms with van der Waals surface area (Å²) in [6, 6.07) is 1.58. The van der Waals surface area contributed by atoms with Crippen molar-refractivity contribution in [2.75, 3.05) is 6.61 Å². The molecule has 1 aromatic carbocycles. The normalized spacial score (nSPS) is 19.4. The minimum Gasteiger partial charge on any atom is -0.478 e. The predicted molar refractivity (Wildman–Crippen MR) is 93.8 cm³/mol. The number of ether oxygens (including phenoxy) is 2. The lowest BCUT2D eigenvalue weighted by Gasteiger charge is -2.29. The van der Waals surface area contributed by atoms with E-state index in [2.05, 4.69) is 5.32 Å². The zero-order valence-electron chi connectivity index (χ0n) is 15.8. The molecule has 8 nitrogen and oxygen atoms in total. The summed E-state index contributed by atoms with van der Waals surface area (Å²) < 4.78 is 24.8. The van der Waals surface area contributed by atoms with Crippen molar-refractivity contribution in [3.05, 3.63) is 29.1 Å². The molecule has 1 aromatic rings. The predicted octanol–water partition coefficient (Wildman–Crippen LogP) is 1.31. The number of carbonyl (C=O) groups is 4. The Bertz CT molecular complexity index is 861. The lowest BCUT2D eigenvalue weighted by Crippen LogP contribution is -2.52. The third-order valence-corrected chi connectivity index (χ3v) is 4.37. The Morgan fingerprint density at radius 3 is 2.64 bits per heavy atom. The molecule has 150 valence electrons. The molecule has 1 N–H and O–H groups in total. The second-order valence-electron chi connectivity index (χ2n) is 7.68. The molecule has 0 bridgehead atoms. The number of fused-ring (bicyclic) bond motifs is 1. The van der Waals surface area contributed by atoms with Gasteiger partial charge in [-0.1, -0.05) is 0 Å². The molecule has 28 heavy (non-hydrogen) atoms. The summed E-state index contributed by atoms with van der Waals surface area (Å²) >= 11 is 0. The summed E-state index contributed by atoms with van der Waals surface area (Å²) in [5.41, 5.74) is -0.251. The highest BCUT2D eigenvalue weighted by Gasteiger charge is 2.40. The molecule has 2 heterocycles. The third-order valence-electron chi connectivity index (χ3n) is 4.37. The number of rotatable bonds is 4. The van der Waals surface area contributed by atoms with Crippen LogP contribution in [0.5, 0.6) is 5.75 Å². The number of carbonyl (C=O) groups excluding carboxylic acids is 4. The van der Waals surface area contributed by atoms with Crippen LogP contribution in [0.15, 0.2) is 12.1 Å². The number of halogens is 1. The molecule has 3 amide bonds. The highest BCUT2D eigenvalue weighted by molar-refractivity contribution is 6.05. The van der Waals surface area contributed by atoms with E-state index in [1.165, 1.54) is 11.0 Å². The van der Waals surface area contributed by atoms with E-state index in [4.69, 9.17) is 9.47 Å². The zero-order valence-corrected chi connectivity index (χ0v) is 15.8. The summed E-state index contributed by atoms with van der Waals surface area (Å²) in [5.74, 6) is -3.01. The Labute approximate surface area is 161 Å². The highest BCUT2D eigenvalue weighted by Crippen LogP contribution is 2.35. The Kier molecular flexibility index (Phi) is 5.10. The Morgan fingerprint density at radius 1 is 1.29 bits per heavy atom. The molecular formula is C19H21FN2O6. The molecule has 9 heteroatoms. The fraction of sp³-hybridized carbons (Fsp3) is 0.474. The number of nitrogens with one attached hydrogen (secondary N) is 1. The summed E-state index contributed by atoms with van der Waals surface area (Å²) in [6.07, 6.45) is 0.313. The largest absolute Gasteiger partial charge is 0.478 e. The molecule has 0 aliphatic carbocycles. The number of imide groups is 1. The monoisotopic (exact) mass is 392 g/mol. The van der Waals surface area contributed by atoms with Crippen molar-refractivity contribution in [2.24, 2.45) is 0 Å². The van der Waals surface area contributed by atoms with E-state index < -0.39 is 47.8 Å². The maximum Gasteiger partial charge on any atom is 0.344 e. The van der Waals surface area contributed by atoms with E-state index >= 15 is 0 Å². The molecule has 1 atom stereocenters. The fourth-order valence-corrected chi connectivity index (χ4v) is 3.24. The van der Waals surface area contributed by atoms with Crippen LogP contribution in [0, 0.1) is 5.82 Å². The van der Waals surface area contributed by atoms with Crippen LogP contribution in [0.1, 0.15) is 49.5 Å². The first-order valence-corrected chi connectivity index (χ1v) is 8.87. The first kappa shape index (κ1) is 19.8. The van der Waals surface area contributed by atoms with Crippen molar-refractivity contribution in [3.8, 4) is 5.75 Å². The van der Waals surface area contributed by atoms with Gasteiger partial charge in [0.1, 0.15) is 11.6 Å². The van der Waals surface area contributed by atoms with Crippen LogP contribution in [0.4, 0.5) is 4.39 Å². The number of hydrogen-bond acceptors (Lipinski definition) is 6. The standard InChI is InChI=1S/C19H21FN2O6/c1-19(2,3)28-15(24)9-27-16-11-8-22(13-6-7-14(23)21-17(13)25)18(26)10(11)4-5-12(16)20/h4-5,13H,6-9H2,1-3H3,(H,21,23,25). The van der Waals surface area contributed by atoms with Crippen molar-refractivity contribution < 1.29 is 33.0 Å². The lowest BCUT2D eigenvalue weighted by atomic mass is 10.0. The number of amides is 3. The first-order chi connectivity index (χ1) is 13.1. The van der Waals surface area contributed by atoms with E-state index in [0.717, 1.165) is 6.07 Å². The van der Waals surface area contributed by atoms with Gasteiger partial charge in [0.15, 0.2) is 18.2 Å². The van der Waals surface area contributed by atoms with Crippen LogP contribution < -0.4 is 10.1 Å². The number of benzene rings is 1. The van der Waals surface area contributed by atoms with Gasteiger partial charge in [0.2, 0.25) is 11.8 Å². The van der Waals surface area contributed by atoms with E-state index in [1.807, 2.05) is 0 Å². The Morgan fingerprint density at radius 2 is 2.00 bits per heavy atom. The van der Waals surface area contributed by atoms with Gasteiger partial charge < -0.3 is 14.4 Å². The van der Waals surface area contributed by atoms with Crippen LogP contribution in [0.3, 0.4) is 0 Å². The molecule has 0 radical (unpaired) electrons. The van der Waals surface area contributed by atoms with E-state index in [0.29, 0.717) is 0 Å². The quantitative estimate of drug-likeness (QED) is 0.612. The van der Waals surface area contributed by atoms with Crippen LogP contribution in [0.2, 0.25) is 0 Å². The van der Waals surface area contributed by atoms with Gasteiger partial charge >= 0.3 is 5.97 Å². The maximum atomic E-state index is 14.3. The van der Waals surface area contributed by atoms with E-state index in [9.17, 15) is 23.6 Å². The molecule has 1 saturated heterocycles. The SMILES string of the molecule is CC(C)(C)OC(=O)COc1c(F)ccc2c1CN(C1CCC(=O)NC1=O)C2=O. The summed E-state index contributed by atoms with van der Waals surface area (Å²) in [6.45, 7) is 4.52. The second kappa shape index (κ2) is 7.21. The van der Waals surface area contributed by atoms with Gasteiger partial charge in [0.05, 0.1) is 6.54 Å². The van der Waals surface area contributed by atoms with Crippen LogP contribution in [-0.4, -0.2) is 46.8 Å². The smallest absolute Gasteiger partial charge is 0.344 e. The molecule has 2 aliphatic heterocycles.